The van der Waals surface area contributed by atoms with Crippen LogP contribution in [0.4, 0.5) is 18.9 Å². The Morgan fingerprint density at radius 1 is 1.11 bits per heavy atom. The maximum absolute atomic E-state index is 14.7. The monoisotopic (exact) mass is 506 g/mol. The van der Waals surface area contributed by atoms with Crippen molar-refractivity contribution in [2.75, 3.05) is 38.7 Å². The first-order valence-electron chi connectivity index (χ1n) is 12.4. The number of nitrogens with zero attached hydrogens (tertiary/aromatic N) is 2. The van der Waals surface area contributed by atoms with Gasteiger partial charge in [0.05, 0.1) is 22.9 Å². The summed E-state index contributed by atoms with van der Waals surface area (Å²) in [5.74, 6) is -1.54. The number of pyridine rings is 1. The zero-order chi connectivity index (χ0) is 25.8. The number of anilines is 1. The van der Waals surface area contributed by atoms with Crippen molar-refractivity contribution in [3.63, 3.8) is 0 Å². The second kappa shape index (κ2) is 11.5. The van der Waals surface area contributed by atoms with Crippen LogP contribution in [0.15, 0.2) is 35.3 Å². The molecule has 0 saturated carbocycles. The number of hydrogen-bond donors (Lipinski definition) is 2. The van der Waals surface area contributed by atoms with Crippen molar-refractivity contribution in [2.24, 2.45) is 0 Å². The standard InChI is InChI=1S/C26H33F3N4O3/c1-16(19-4-3-5-20(24(19)27)25(28)29)30-26(35)21-15-33(18-8-12-36-13-9-18)23(34)14-22(21)31-17-6-10-32(2)11-7-17/h3-5,14-18,25,31H,6-13H2,1-2H3,(H,30,35)/t16-/m1/s1. The largest absolute Gasteiger partial charge is 0.381 e. The number of amides is 1. The van der Waals surface area contributed by atoms with Crippen LogP contribution >= 0.6 is 0 Å². The van der Waals surface area contributed by atoms with Crippen LogP contribution in [0.5, 0.6) is 0 Å². The zero-order valence-electron chi connectivity index (χ0n) is 20.6. The van der Waals surface area contributed by atoms with Gasteiger partial charge in [0, 0.05) is 43.1 Å². The molecule has 7 nitrogen and oxygen atoms in total. The molecule has 1 aromatic carbocycles. The summed E-state index contributed by atoms with van der Waals surface area (Å²) in [6, 6.07) is 4.36. The summed E-state index contributed by atoms with van der Waals surface area (Å²) in [5.41, 5.74) is -0.255. The summed E-state index contributed by atoms with van der Waals surface area (Å²) in [7, 11) is 2.05. The number of benzene rings is 1. The highest BCUT2D eigenvalue weighted by Crippen LogP contribution is 2.28. The number of likely N-dealkylation sites (tertiary alicyclic amines) is 1. The fourth-order valence-electron chi connectivity index (χ4n) is 4.89. The van der Waals surface area contributed by atoms with E-state index in [4.69, 9.17) is 4.74 Å². The van der Waals surface area contributed by atoms with Crippen molar-refractivity contribution in [3.8, 4) is 0 Å². The zero-order valence-corrected chi connectivity index (χ0v) is 20.6. The molecule has 1 amide bonds. The minimum absolute atomic E-state index is 0.0243. The Bertz CT molecular complexity index is 1130. The molecular weight excluding hydrogens is 473 g/mol. The lowest BCUT2D eigenvalue weighted by atomic mass is 10.0. The molecule has 1 aromatic heterocycles. The molecule has 2 aliphatic heterocycles. The molecule has 0 radical (unpaired) electrons. The predicted molar refractivity (Wildman–Crippen MR) is 131 cm³/mol. The Kier molecular flexibility index (Phi) is 8.35. The van der Waals surface area contributed by atoms with Gasteiger partial charge in [-0.2, -0.15) is 0 Å². The molecule has 0 bridgehead atoms. The van der Waals surface area contributed by atoms with Gasteiger partial charge in [-0.3, -0.25) is 9.59 Å². The van der Waals surface area contributed by atoms with Crippen molar-refractivity contribution in [1.82, 2.24) is 14.8 Å². The predicted octanol–water partition coefficient (Wildman–Crippen LogP) is 4.27. The molecule has 2 fully saturated rings. The molecule has 1 atom stereocenters. The SMILES string of the molecule is C[C@@H](NC(=O)c1cn(C2CCOCC2)c(=O)cc1NC1CCN(C)CC1)c1cccc(C(F)F)c1F. The maximum Gasteiger partial charge on any atom is 0.266 e. The smallest absolute Gasteiger partial charge is 0.266 e. The van der Waals surface area contributed by atoms with Gasteiger partial charge in [-0.05, 0) is 52.7 Å². The van der Waals surface area contributed by atoms with Crippen molar-refractivity contribution >= 4 is 11.6 Å². The summed E-state index contributed by atoms with van der Waals surface area (Å²) < 4.78 is 48.0. The van der Waals surface area contributed by atoms with Crippen LogP contribution in [-0.2, 0) is 4.74 Å². The number of ether oxygens (including phenoxy) is 1. The van der Waals surface area contributed by atoms with Crippen molar-refractivity contribution in [2.45, 2.75) is 57.2 Å². The Morgan fingerprint density at radius 2 is 1.78 bits per heavy atom. The fraction of sp³-hybridized carbons (Fsp3) is 0.538. The highest BCUT2D eigenvalue weighted by atomic mass is 19.3. The number of aromatic nitrogens is 1. The molecule has 2 saturated heterocycles. The highest BCUT2D eigenvalue weighted by molar-refractivity contribution is 5.99. The lowest BCUT2D eigenvalue weighted by molar-refractivity contribution is 0.0685. The van der Waals surface area contributed by atoms with Crippen LogP contribution in [0.2, 0.25) is 0 Å². The summed E-state index contributed by atoms with van der Waals surface area (Å²) >= 11 is 0. The van der Waals surface area contributed by atoms with Gasteiger partial charge in [-0.15, -0.1) is 0 Å². The Morgan fingerprint density at radius 3 is 2.44 bits per heavy atom. The van der Waals surface area contributed by atoms with E-state index in [2.05, 4.69) is 15.5 Å². The number of hydrogen-bond acceptors (Lipinski definition) is 5. The molecule has 0 spiro atoms. The van der Waals surface area contributed by atoms with Crippen molar-refractivity contribution in [3.05, 3.63) is 63.3 Å². The lowest BCUT2D eigenvalue weighted by Gasteiger charge is -2.31. The summed E-state index contributed by atoms with van der Waals surface area (Å²) in [4.78, 5) is 28.7. The number of nitrogens with one attached hydrogen (secondary N) is 2. The van der Waals surface area contributed by atoms with E-state index < -0.39 is 29.8 Å². The third kappa shape index (κ3) is 5.92. The van der Waals surface area contributed by atoms with Crippen LogP contribution in [0, 0.1) is 5.82 Å². The molecule has 196 valence electrons. The van der Waals surface area contributed by atoms with Gasteiger partial charge in [0.2, 0.25) is 0 Å². The van der Waals surface area contributed by atoms with E-state index in [1.54, 1.807) is 17.7 Å². The number of rotatable bonds is 7. The van der Waals surface area contributed by atoms with Gasteiger partial charge in [-0.1, -0.05) is 18.2 Å². The Balaban J connectivity index is 1.63. The van der Waals surface area contributed by atoms with E-state index in [0.29, 0.717) is 31.7 Å². The molecule has 10 heteroatoms. The van der Waals surface area contributed by atoms with Crippen LogP contribution in [0.25, 0.3) is 0 Å². The first kappa shape index (κ1) is 26.2. The number of piperidine rings is 1. The van der Waals surface area contributed by atoms with Crippen LogP contribution < -0.4 is 16.2 Å². The van der Waals surface area contributed by atoms with Crippen LogP contribution in [0.3, 0.4) is 0 Å². The lowest BCUT2D eigenvalue weighted by Crippen LogP contribution is -2.38. The molecule has 4 rings (SSSR count). The molecule has 2 N–H and O–H groups in total. The minimum atomic E-state index is -2.96. The van der Waals surface area contributed by atoms with Crippen molar-refractivity contribution in [1.29, 1.82) is 0 Å². The van der Waals surface area contributed by atoms with Crippen molar-refractivity contribution < 1.29 is 22.7 Å². The average Bonchev–Trinajstić information content (AvgIpc) is 2.86. The number of carbonyl (C=O) groups is 1. The first-order valence-corrected chi connectivity index (χ1v) is 12.4. The number of halogens is 3. The summed E-state index contributed by atoms with van der Waals surface area (Å²) in [5, 5.41) is 6.11. The van der Waals surface area contributed by atoms with E-state index in [0.717, 1.165) is 32.0 Å². The second-order valence-corrected chi connectivity index (χ2v) is 9.66. The van der Waals surface area contributed by atoms with Gasteiger partial charge in [0.1, 0.15) is 5.82 Å². The van der Waals surface area contributed by atoms with Gasteiger partial charge in [0.15, 0.2) is 0 Å². The topological polar surface area (TPSA) is 75.6 Å². The normalized spacial score (nSPS) is 18.8. The van der Waals surface area contributed by atoms with Gasteiger partial charge in [0.25, 0.3) is 17.9 Å². The molecule has 0 aliphatic carbocycles. The van der Waals surface area contributed by atoms with E-state index >= 15 is 0 Å². The van der Waals surface area contributed by atoms with Crippen LogP contribution in [0.1, 0.15) is 72.6 Å². The third-order valence-corrected chi connectivity index (χ3v) is 7.10. The molecular formula is C26H33F3N4O3. The van der Waals surface area contributed by atoms with Gasteiger partial charge >= 0.3 is 0 Å². The van der Waals surface area contributed by atoms with Gasteiger partial charge < -0.3 is 24.8 Å². The minimum Gasteiger partial charge on any atom is -0.381 e. The van der Waals surface area contributed by atoms with Gasteiger partial charge in [-0.25, -0.2) is 13.2 Å². The molecule has 0 unspecified atom stereocenters. The number of carbonyl (C=O) groups excluding carboxylic acids is 1. The molecule has 2 aliphatic rings. The Hall–Kier alpha value is -2.85. The highest BCUT2D eigenvalue weighted by Gasteiger charge is 2.26. The summed E-state index contributed by atoms with van der Waals surface area (Å²) in [6.45, 7) is 4.41. The summed E-state index contributed by atoms with van der Waals surface area (Å²) in [6.07, 6.45) is 1.64. The van der Waals surface area contributed by atoms with E-state index in [9.17, 15) is 22.8 Å². The fourth-order valence-corrected chi connectivity index (χ4v) is 4.89. The molecule has 2 aromatic rings. The quantitative estimate of drug-likeness (QED) is 0.587. The first-order chi connectivity index (χ1) is 17.2. The molecule has 36 heavy (non-hydrogen) atoms. The maximum atomic E-state index is 14.7. The number of alkyl halides is 2. The third-order valence-electron chi connectivity index (χ3n) is 7.10. The van der Waals surface area contributed by atoms with Crippen LogP contribution in [-0.4, -0.2) is 54.8 Å². The average molecular weight is 507 g/mol. The van der Waals surface area contributed by atoms with E-state index in [-0.39, 0.29) is 28.8 Å². The second-order valence-electron chi connectivity index (χ2n) is 9.66. The molecule has 3 heterocycles. The van der Waals surface area contributed by atoms with E-state index in [1.807, 2.05) is 7.05 Å². The Labute approximate surface area is 208 Å². The van der Waals surface area contributed by atoms with E-state index in [1.165, 1.54) is 18.2 Å².